The van der Waals surface area contributed by atoms with Crippen molar-refractivity contribution in [3.8, 4) is 6.07 Å². The van der Waals surface area contributed by atoms with Gasteiger partial charge < -0.3 is 4.90 Å². The molecule has 0 unspecified atom stereocenters. The van der Waals surface area contributed by atoms with Gasteiger partial charge in [0.15, 0.2) is 0 Å². The van der Waals surface area contributed by atoms with E-state index < -0.39 is 0 Å². The molecule has 0 aromatic heterocycles. The molecule has 33 heavy (non-hydrogen) atoms. The van der Waals surface area contributed by atoms with Crippen molar-refractivity contribution in [2.45, 2.75) is 38.6 Å². The lowest BCUT2D eigenvalue weighted by Gasteiger charge is -2.40. The van der Waals surface area contributed by atoms with Gasteiger partial charge >= 0.3 is 0 Å². The number of likely N-dealkylation sites (tertiary alicyclic amines) is 1. The summed E-state index contributed by atoms with van der Waals surface area (Å²) < 4.78 is 0. The predicted molar refractivity (Wildman–Crippen MR) is 131 cm³/mol. The van der Waals surface area contributed by atoms with Gasteiger partial charge in [0, 0.05) is 29.8 Å². The standard InChI is InChI=1S/C29H29N3O/c1-21-5-3-7-24(15-21)19-31-13-11-29(12-14-31)20-32(27-10-9-22(2)16-26(27)29)28(33)25-8-4-6-23(17-25)18-30/h3-10,15-17H,11-14,19-20H2,1-2H3. The molecule has 3 aromatic rings. The van der Waals surface area contributed by atoms with Gasteiger partial charge in [-0.1, -0.05) is 53.6 Å². The fourth-order valence-electron chi connectivity index (χ4n) is 5.48. The summed E-state index contributed by atoms with van der Waals surface area (Å²) in [6, 6.07) is 24.4. The lowest BCUT2D eigenvalue weighted by atomic mass is 9.74. The molecule has 5 rings (SSSR count). The molecule has 166 valence electrons. The Kier molecular flexibility index (Phi) is 5.52. The van der Waals surface area contributed by atoms with Crippen LogP contribution < -0.4 is 4.90 Å². The van der Waals surface area contributed by atoms with E-state index in [4.69, 9.17) is 0 Å². The van der Waals surface area contributed by atoms with E-state index in [1.165, 1.54) is 22.3 Å². The predicted octanol–water partition coefficient (Wildman–Crippen LogP) is 5.37. The third kappa shape index (κ3) is 4.05. The monoisotopic (exact) mass is 435 g/mol. The zero-order valence-corrected chi connectivity index (χ0v) is 19.3. The number of benzene rings is 3. The molecule has 2 heterocycles. The maximum Gasteiger partial charge on any atom is 0.258 e. The molecule has 0 bridgehead atoms. The van der Waals surface area contributed by atoms with Crippen LogP contribution in [0.1, 0.15) is 51.0 Å². The summed E-state index contributed by atoms with van der Waals surface area (Å²) in [5, 5.41) is 9.26. The summed E-state index contributed by atoms with van der Waals surface area (Å²) in [6.07, 6.45) is 2.08. The highest BCUT2D eigenvalue weighted by Gasteiger charge is 2.46. The summed E-state index contributed by atoms with van der Waals surface area (Å²) in [7, 11) is 0. The number of nitrogens with zero attached hydrogens (tertiary/aromatic N) is 3. The van der Waals surface area contributed by atoms with Gasteiger partial charge in [0.2, 0.25) is 0 Å². The van der Waals surface area contributed by atoms with Gasteiger partial charge in [0.1, 0.15) is 0 Å². The van der Waals surface area contributed by atoms with Crippen molar-refractivity contribution in [3.63, 3.8) is 0 Å². The summed E-state index contributed by atoms with van der Waals surface area (Å²) >= 11 is 0. The van der Waals surface area contributed by atoms with Crippen LogP contribution in [0.5, 0.6) is 0 Å². The molecule has 1 saturated heterocycles. The quantitative estimate of drug-likeness (QED) is 0.556. The van der Waals surface area contributed by atoms with Crippen molar-refractivity contribution in [1.82, 2.24) is 4.90 Å². The molecule has 2 aliphatic heterocycles. The molecule has 0 atom stereocenters. The minimum absolute atomic E-state index is 0.00699. The van der Waals surface area contributed by atoms with Gasteiger partial charge in [-0.3, -0.25) is 9.69 Å². The Labute approximate surface area is 196 Å². The Hall–Kier alpha value is -3.42. The molecule has 3 aromatic carbocycles. The largest absolute Gasteiger partial charge is 0.307 e. The van der Waals surface area contributed by atoms with Crippen LogP contribution in [-0.2, 0) is 12.0 Å². The highest BCUT2D eigenvalue weighted by atomic mass is 16.2. The van der Waals surface area contributed by atoms with Crippen molar-refractivity contribution in [1.29, 1.82) is 5.26 Å². The molecule has 1 spiro atoms. The van der Waals surface area contributed by atoms with E-state index >= 15 is 0 Å². The van der Waals surface area contributed by atoms with Crippen molar-refractivity contribution in [2.75, 3.05) is 24.5 Å². The maximum absolute atomic E-state index is 13.5. The van der Waals surface area contributed by atoms with Crippen LogP contribution in [0.25, 0.3) is 0 Å². The number of nitriles is 1. The van der Waals surface area contributed by atoms with E-state index in [-0.39, 0.29) is 11.3 Å². The molecule has 0 N–H and O–H groups in total. The van der Waals surface area contributed by atoms with Crippen LogP contribution in [-0.4, -0.2) is 30.4 Å². The second-order valence-electron chi connectivity index (χ2n) is 9.65. The third-order valence-electron chi connectivity index (χ3n) is 7.26. The van der Waals surface area contributed by atoms with E-state index in [0.29, 0.717) is 17.7 Å². The van der Waals surface area contributed by atoms with Crippen molar-refractivity contribution in [3.05, 3.63) is 100 Å². The first-order chi connectivity index (χ1) is 16.0. The SMILES string of the molecule is Cc1cccc(CN2CCC3(CC2)CN(C(=O)c2cccc(C#N)c2)c2ccc(C)cc23)c1. The van der Waals surface area contributed by atoms with E-state index in [0.717, 1.165) is 38.2 Å². The first-order valence-electron chi connectivity index (χ1n) is 11.7. The molecule has 4 nitrogen and oxygen atoms in total. The molecule has 2 aliphatic rings. The Balaban J connectivity index is 1.40. The van der Waals surface area contributed by atoms with E-state index in [1.807, 2.05) is 11.0 Å². The molecule has 0 aliphatic carbocycles. The van der Waals surface area contributed by atoms with Gasteiger partial charge in [0.05, 0.1) is 11.6 Å². The van der Waals surface area contributed by atoms with Crippen LogP contribution in [0.3, 0.4) is 0 Å². The van der Waals surface area contributed by atoms with Crippen molar-refractivity contribution in [2.24, 2.45) is 0 Å². The van der Waals surface area contributed by atoms with Crippen LogP contribution in [0.2, 0.25) is 0 Å². The average molecular weight is 436 g/mol. The minimum atomic E-state index is -0.0173. The fourth-order valence-corrected chi connectivity index (χ4v) is 5.48. The van der Waals surface area contributed by atoms with Gasteiger partial charge in [0.25, 0.3) is 5.91 Å². The number of anilines is 1. The van der Waals surface area contributed by atoms with Crippen LogP contribution in [0.15, 0.2) is 66.7 Å². The van der Waals surface area contributed by atoms with Crippen molar-refractivity contribution >= 4 is 11.6 Å². The van der Waals surface area contributed by atoms with E-state index in [9.17, 15) is 10.1 Å². The lowest BCUT2D eigenvalue weighted by molar-refractivity contribution is 0.0975. The number of amides is 1. The molecule has 4 heteroatoms. The normalized spacial score (nSPS) is 17.1. The summed E-state index contributed by atoms with van der Waals surface area (Å²) in [5.41, 5.74) is 7.32. The number of hydrogen-bond acceptors (Lipinski definition) is 3. The highest BCUT2D eigenvalue weighted by molar-refractivity contribution is 6.08. The number of piperidine rings is 1. The molecular weight excluding hydrogens is 406 g/mol. The van der Waals surface area contributed by atoms with Gasteiger partial charge in [-0.15, -0.1) is 0 Å². The number of aryl methyl sites for hydroxylation is 2. The van der Waals surface area contributed by atoms with Crippen molar-refractivity contribution < 1.29 is 4.79 Å². The second kappa shape index (κ2) is 8.50. The smallest absolute Gasteiger partial charge is 0.258 e. The Morgan fingerprint density at radius 1 is 0.970 bits per heavy atom. The van der Waals surface area contributed by atoms with Gasteiger partial charge in [-0.25, -0.2) is 0 Å². The van der Waals surface area contributed by atoms with E-state index in [1.54, 1.807) is 18.2 Å². The molecule has 1 fully saturated rings. The Morgan fingerprint density at radius 3 is 2.48 bits per heavy atom. The van der Waals surface area contributed by atoms with Crippen LogP contribution >= 0.6 is 0 Å². The second-order valence-corrected chi connectivity index (χ2v) is 9.65. The Bertz CT molecular complexity index is 1250. The lowest BCUT2D eigenvalue weighted by Crippen LogP contribution is -2.45. The number of hydrogen-bond donors (Lipinski definition) is 0. The number of carbonyl (C=O) groups excluding carboxylic acids is 1. The molecular formula is C29H29N3O. The van der Waals surface area contributed by atoms with Gasteiger partial charge in [-0.05, 0) is 75.2 Å². The fraction of sp³-hybridized carbons (Fsp3) is 0.310. The molecule has 0 radical (unpaired) electrons. The molecule has 0 saturated carbocycles. The number of fused-ring (bicyclic) bond motifs is 2. The Morgan fingerprint density at radius 2 is 1.73 bits per heavy atom. The van der Waals surface area contributed by atoms with Crippen LogP contribution in [0, 0.1) is 25.2 Å². The van der Waals surface area contributed by atoms with E-state index in [2.05, 4.69) is 67.3 Å². The summed E-state index contributed by atoms with van der Waals surface area (Å²) in [5.74, 6) is -0.0173. The molecule has 1 amide bonds. The van der Waals surface area contributed by atoms with Crippen LogP contribution in [0.4, 0.5) is 5.69 Å². The maximum atomic E-state index is 13.5. The first-order valence-corrected chi connectivity index (χ1v) is 11.7. The topological polar surface area (TPSA) is 47.3 Å². The average Bonchev–Trinajstić information content (AvgIpc) is 3.13. The number of rotatable bonds is 3. The number of carbonyl (C=O) groups is 1. The zero-order valence-electron chi connectivity index (χ0n) is 19.3. The third-order valence-corrected chi connectivity index (χ3v) is 7.26. The first kappa shape index (κ1) is 21.4. The highest BCUT2D eigenvalue weighted by Crippen LogP contribution is 2.48. The summed E-state index contributed by atoms with van der Waals surface area (Å²) in [4.78, 5) is 18.0. The minimum Gasteiger partial charge on any atom is -0.307 e. The van der Waals surface area contributed by atoms with Gasteiger partial charge in [-0.2, -0.15) is 5.26 Å². The zero-order chi connectivity index (χ0) is 23.0. The summed E-state index contributed by atoms with van der Waals surface area (Å²) in [6.45, 7) is 7.99.